The van der Waals surface area contributed by atoms with Gasteiger partial charge in [0.25, 0.3) is 0 Å². The van der Waals surface area contributed by atoms with Gasteiger partial charge in [0.2, 0.25) is 0 Å². The Labute approximate surface area is 174 Å². The Kier molecular flexibility index (Phi) is 5.69. The average molecular weight is 407 g/mol. The lowest BCUT2D eigenvalue weighted by molar-refractivity contribution is -0.0794. The lowest BCUT2D eigenvalue weighted by atomic mass is 9.70. The monoisotopic (exact) mass is 406 g/mol. The van der Waals surface area contributed by atoms with Crippen molar-refractivity contribution in [2.75, 3.05) is 44.2 Å². The molecule has 0 unspecified atom stereocenters. The van der Waals surface area contributed by atoms with Crippen LogP contribution in [-0.4, -0.2) is 61.5 Å². The first kappa shape index (κ1) is 20.5. The summed E-state index contributed by atoms with van der Waals surface area (Å²) < 4.78 is 6.28. The number of nitrogens with zero attached hydrogens (tertiary/aromatic N) is 2. The number of aliphatic hydroxyl groups is 1. The molecule has 0 spiro atoms. The second-order valence-electron chi connectivity index (χ2n) is 9.85. The molecule has 4 nitrogen and oxygen atoms in total. The van der Waals surface area contributed by atoms with Crippen molar-refractivity contribution in [1.82, 2.24) is 4.90 Å². The fourth-order valence-electron chi connectivity index (χ4n) is 5.82. The van der Waals surface area contributed by atoms with Crippen LogP contribution in [0.2, 0.25) is 5.02 Å². The summed E-state index contributed by atoms with van der Waals surface area (Å²) in [6.07, 6.45) is 3.65. The number of halogens is 1. The lowest BCUT2D eigenvalue weighted by Crippen LogP contribution is -2.49. The van der Waals surface area contributed by atoms with E-state index < -0.39 is 6.10 Å². The molecule has 1 aliphatic heterocycles. The van der Waals surface area contributed by atoms with Crippen molar-refractivity contribution < 1.29 is 9.84 Å². The Morgan fingerprint density at radius 2 is 1.96 bits per heavy atom. The Morgan fingerprint density at radius 1 is 1.21 bits per heavy atom. The van der Waals surface area contributed by atoms with Crippen LogP contribution in [0.15, 0.2) is 24.3 Å². The van der Waals surface area contributed by atoms with Crippen LogP contribution in [0.3, 0.4) is 0 Å². The molecule has 1 N–H and O–H groups in total. The van der Waals surface area contributed by atoms with Crippen LogP contribution in [0.1, 0.15) is 40.0 Å². The second-order valence-corrected chi connectivity index (χ2v) is 10.3. The maximum Gasteiger partial charge on any atom is 0.0900 e. The SMILES string of the molecule is CC1(C)[C@H]2CC[C@@]1(C)[C@@H](OC[C@H](O)CN1CCN(c3cccc(Cl)c3)CC1)C2. The molecule has 1 heterocycles. The summed E-state index contributed by atoms with van der Waals surface area (Å²) >= 11 is 6.12. The molecule has 28 heavy (non-hydrogen) atoms. The van der Waals surface area contributed by atoms with Crippen molar-refractivity contribution in [2.45, 2.75) is 52.2 Å². The Morgan fingerprint density at radius 3 is 2.57 bits per heavy atom. The van der Waals surface area contributed by atoms with Gasteiger partial charge in [-0.1, -0.05) is 38.4 Å². The first-order chi connectivity index (χ1) is 13.3. The maximum atomic E-state index is 10.6. The van der Waals surface area contributed by atoms with Crippen LogP contribution in [0.5, 0.6) is 0 Å². The molecule has 1 saturated heterocycles. The Hall–Kier alpha value is -0.810. The van der Waals surface area contributed by atoms with Crippen LogP contribution >= 0.6 is 11.6 Å². The third-order valence-corrected chi connectivity index (χ3v) is 8.45. The highest BCUT2D eigenvalue weighted by molar-refractivity contribution is 6.30. The summed E-state index contributed by atoms with van der Waals surface area (Å²) in [6, 6.07) is 8.05. The number of β-amino-alcohol motifs (C(OH)–C–C–N with tert-alkyl or cyclic N) is 1. The minimum atomic E-state index is -0.413. The third kappa shape index (κ3) is 3.69. The van der Waals surface area contributed by atoms with Gasteiger partial charge in [0.05, 0.1) is 18.8 Å². The molecule has 3 fully saturated rings. The molecule has 156 valence electrons. The fourth-order valence-corrected chi connectivity index (χ4v) is 6.01. The molecule has 2 saturated carbocycles. The highest BCUT2D eigenvalue weighted by atomic mass is 35.5. The van der Waals surface area contributed by atoms with E-state index in [2.05, 4.69) is 36.6 Å². The molecule has 1 aromatic carbocycles. The minimum Gasteiger partial charge on any atom is -0.389 e. The number of rotatable bonds is 6. The van der Waals surface area contributed by atoms with Crippen molar-refractivity contribution >= 4 is 17.3 Å². The molecule has 0 amide bonds. The number of anilines is 1. The second kappa shape index (κ2) is 7.79. The first-order valence-corrected chi connectivity index (χ1v) is 11.2. The summed E-state index contributed by atoms with van der Waals surface area (Å²) in [4.78, 5) is 4.71. The van der Waals surface area contributed by atoms with Crippen LogP contribution in [0.25, 0.3) is 0 Å². The van der Waals surface area contributed by atoms with E-state index in [0.717, 1.165) is 43.5 Å². The quantitative estimate of drug-likeness (QED) is 0.772. The van der Waals surface area contributed by atoms with Crippen molar-refractivity contribution in [3.05, 3.63) is 29.3 Å². The molecular formula is C23H35ClN2O2. The smallest absolute Gasteiger partial charge is 0.0900 e. The van der Waals surface area contributed by atoms with Gasteiger partial charge < -0.3 is 14.7 Å². The van der Waals surface area contributed by atoms with E-state index in [9.17, 15) is 5.11 Å². The van der Waals surface area contributed by atoms with E-state index in [1.54, 1.807) is 0 Å². The molecule has 3 aliphatic rings. The molecule has 4 rings (SSSR count). The van der Waals surface area contributed by atoms with Crippen molar-refractivity contribution in [3.63, 3.8) is 0 Å². The van der Waals surface area contributed by atoms with Gasteiger partial charge in [-0.25, -0.2) is 0 Å². The maximum absolute atomic E-state index is 10.6. The number of fused-ring (bicyclic) bond motifs is 2. The van der Waals surface area contributed by atoms with Crippen LogP contribution in [0, 0.1) is 16.7 Å². The van der Waals surface area contributed by atoms with Crippen LogP contribution in [0.4, 0.5) is 5.69 Å². The number of aliphatic hydroxyl groups excluding tert-OH is 1. The molecule has 1 aromatic rings. The topological polar surface area (TPSA) is 35.9 Å². The predicted octanol–water partition coefficient (Wildman–Crippen LogP) is 4.05. The Balaban J connectivity index is 1.22. The van der Waals surface area contributed by atoms with Crippen molar-refractivity contribution in [2.24, 2.45) is 16.7 Å². The summed E-state index contributed by atoms with van der Waals surface area (Å²) in [5, 5.41) is 11.3. The van der Waals surface area contributed by atoms with E-state index in [0.29, 0.717) is 24.7 Å². The zero-order valence-corrected chi connectivity index (χ0v) is 18.3. The largest absolute Gasteiger partial charge is 0.389 e. The van der Waals surface area contributed by atoms with Gasteiger partial charge in [-0.2, -0.15) is 0 Å². The van der Waals surface area contributed by atoms with Gasteiger partial charge in [-0.15, -0.1) is 0 Å². The Bertz CT molecular complexity index is 689. The zero-order valence-electron chi connectivity index (χ0n) is 17.5. The number of hydrogen-bond acceptors (Lipinski definition) is 4. The number of ether oxygens (including phenoxy) is 1. The minimum absolute atomic E-state index is 0.264. The number of hydrogen-bond donors (Lipinski definition) is 1. The number of piperazine rings is 1. The van der Waals surface area contributed by atoms with Gasteiger partial charge in [0, 0.05) is 43.4 Å². The van der Waals surface area contributed by atoms with E-state index in [4.69, 9.17) is 16.3 Å². The zero-order chi connectivity index (χ0) is 19.9. The predicted molar refractivity (Wildman–Crippen MR) is 115 cm³/mol. The van der Waals surface area contributed by atoms with Crippen LogP contribution in [-0.2, 0) is 4.74 Å². The number of benzene rings is 1. The third-order valence-electron chi connectivity index (χ3n) is 8.22. The van der Waals surface area contributed by atoms with Gasteiger partial charge in [0.15, 0.2) is 0 Å². The summed E-state index contributed by atoms with van der Waals surface area (Å²) in [5.41, 5.74) is 1.81. The molecule has 4 atom stereocenters. The highest BCUT2D eigenvalue weighted by Gasteiger charge is 2.61. The first-order valence-electron chi connectivity index (χ1n) is 10.8. The van der Waals surface area contributed by atoms with Gasteiger partial charge in [0.1, 0.15) is 0 Å². The van der Waals surface area contributed by atoms with Gasteiger partial charge in [-0.05, 0) is 54.2 Å². The van der Waals surface area contributed by atoms with E-state index in [1.807, 2.05) is 18.2 Å². The average Bonchev–Trinajstić information content (AvgIpc) is 3.00. The molecular weight excluding hydrogens is 372 g/mol. The molecule has 2 aliphatic carbocycles. The van der Waals surface area contributed by atoms with E-state index in [-0.39, 0.29) is 5.41 Å². The fraction of sp³-hybridized carbons (Fsp3) is 0.739. The summed E-state index contributed by atoms with van der Waals surface area (Å²) in [6.45, 7) is 12.2. The molecule has 0 radical (unpaired) electrons. The van der Waals surface area contributed by atoms with Crippen molar-refractivity contribution in [3.8, 4) is 0 Å². The van der Waals surface area contributed by atoms with E-state index in [1.165, 1.54) is 18.5 Å². The lowest BCUT2D eigenvalue weighted by Gasteiger charge is -2.39. The summed E-state index contributed by atoms with van der Waals surface area (Å²) in [5.74, 6) is 0.777. The molecule has 2 bridgehead atoms. The normalized spacial score (nSPS) is 33.4. The summed E-state index contributed by atoms with van der Waals surface area (Å²) in [7, 11) is 0. The highest BCUT2D eigenvalue weighted by Crippen LogP contribution is 2.66. The van der Waals surface area contributed by atoms with Gasteiger partial charge in [-0.3, -0.25) is 4.90 Å². The van der Waals surface area contributed by atoms with E-state index >= 15 is 0 Å². The van der Waals surface area contributed by atoms with Crippen molar-refractivity contribution in [1.29, 1.82) is 0 Å². The van der Waals surface area contributed by atoms with Crippen LogP contribution < -0.4 is 4.90 Å². The molecule has 0 aromatic heterocycles. The molecule has 5 heteroatoms. The van der Waals surface area contributed by atoms with Gasteiger partial charge >= 0.3 is 0 Å². The standard InChI is InChI=1S/C23H35ClN2O2/c1-22(2)17-7-8-23(22,3)21(13-17)28-16-20(27)15-25-9-11-26(12-10-25)19-6-4-5-18(24)14-19/h4-6,14,17,20-21,27H,7-13,15-16H2,1-3H3/t17-,20+,21-,23-/m0/s1.